The van der Waals surface area contributed by atoms with Crippen LogP contribution in [-0.4, -0.2) is 48.2 Å². The van der Waals surface area contributed by atoms with Gasteiger partial charge in [0.25, 0.3) is 0 Å². The standard InChI is InChI=1S/C15H18FN5O/c1-22-11-13-17-6-4-14(19-13)20-7-9-21(10-8-20)15-12(16)3-2-5-18-15/h2-6H,7-11H2,1H3. The average molecular weight is 303 g/mol. The molecule has 0 bridgehead atoms. The lowest BCUT2D eigenvalue weighted by Crippen LogP contribution is -2.47. The van der Waals surface area contributed by atoms with Crippen molar-refractivity contribution in [2.75, 3.05) is 43.1 Å². The molecule has 2 aromatic rings. The maximum atomic E-state index is 13.8. The predicted molar refractivity (Wildman–Crippen MR) is 81.4 cm³/mol. The van der Waals surface area contributed by atoms with Gasteiger partial charge in [-0.25, -0.2) is 19.3 Å². The van der Waals surface area contributed by atoms with Gasteiger partial charge in [0.05, 0.1) is 0 Å². The summed E-state index contributed by atoms with van der Waals surface area (Å²) in [6, 6.07) is 4.93. The number of rotatable bonds is 4. The molecule has 0 unspecified atom stereocenters. The van der Waals surface area contributed by atoms with Crippen LogP contribution < -0.4 is 9.80 Å². The van der Waals surface area contributed by atoms with Crippen LogP contribution in [0.1, 0.15) is 5.82 Å². The van der Waals surface area contributed by atoms with Crippen LogP contribution in [-0.2, 0) is 11.3 Å². The summed E-state index contributed by atoms with van der Waals surface area (Å²) in [6.07, 6.45) is 3.35. The number of ether oxygens (including phenoxy) is 1. The van der Waals surface area contributed by atoms with E-state index < -0.39 is 0 Å². The van der Waals surface area contributed by atoms with Gasteiger partial charge in [-0.15, -0.1) is 0 Å². The fourth-order valence-electron chi connectivity index (χ4n) is 2.52. The van der Waals surface area contributed by atoms with Gasteiger partial charge in [-0.05, 0) is 18.2 Å². The Morgan fingerprint density at radius 2 is 1.86 bits per heavy atom. The van der Waals surface area contributed by atoms with Crippen LogP contribution in [0.5, 0.6) is 0 Å². The Kier molecular flexibility index (Phi) is 4.43. The number of nitrogens with zero attached hydrogens (tertiary/aromatic N) is 5. The number of halogens is 1. The van der Waals surface area contributed by atoms with Crippen LogP contribution in [0.4, 0.5) is 16.0 Å². The summed E-state index contributed by atoms with van der Waals surface area (Å²) in [7, 11) is 1.62. The van der Waals surface area contributed by atoms with Crippen molar-refractivity contribution >= 4 is 11.6 Å². The monoisotopic (exact) mass is 303 g/mol. The third-order valence-electron chi connectivity index (χ3n) is 3.61. The Bertz CT molecular complexity index is 631. The van der Waals surface area contributed by atoms with Crippen molar-refractivity contribution in [1.29, 1.82) is 0 Å². The largest absolute Gasteiger partial charge is 0.377 e. The van der Waals surface area contributed by atoms with Gasteiger partial charge < -0.3 is 14.5 Å². The van der Waals surface area contributed by atoms with Gasteiger partial charge in [0.2, 0.25) is 0 Å². The lowest BCUT2D eigenvalue weighted by Gasteiger charge is -2.36. The zero-order valence-corrected chi connectivity index (χ0v) is 12.4. The van der Waals surface area contributed by atoms with Crippen LogP contribution in [0.3, 0.4) is 0 Å². The second kappa shape index (κ2) is 6.65. The molecule has 6 nitrogen and oxygen atoms in total. The summed E-state index contributed by atoms with van der Waals surface area (Å²) >= 11 is 0. The van der Waals surface area contributed by atoms with Gasteiger partial charge in [0, 0.05) is 45.7 Å². The number of methoxy groups -OCH3 is 1. The van der Waals surface area contributed by atoms with E-state index in [1.54, 1.807) is 25.6 Å². The lowest BCUT2D eigenvalue weighted by molar-refractivity contribution is 0.178. The first-order valence-corrected chi connectivity index (χ1v) is 7.19. The van der Waals surface area contributed by atoms with Crippen molar-refractivity contribution < 1.29 is 9.13 Å². The molecule has 0 aliphatic carbocycles. The lowest BCUT2D eigenvalue weighted by atomic mass is 10.3. The SMILES string of the molecule is COCc1nccc(N2CCN(c3ncccc3F)CC2)n1. The highest BCUT2D eigenvalue weighted by Gasteiger charge is 2.21. The van der Waals surface area contributed by atoms with E-state index in [0.717, 1.165) is 18.9 Å². The highest BCUT2D eigenvalue weighted by molar-refractivity contribution is 5.45. The van der Waals surface area contributed by atoms with E-state index >= 15 is 0 Å². The molecule has 116 valence electrons. The first kappa shape index (κ1) is 14.6. The molecule has 0 aromatic carbocycles. The molecular formula is C15H18FN5O. The normalized spacial score (nSPS) is 15.2. The summed E-state index contributed by atoms with van der Waals surface area (Å²) in [6.45, 7) is 3.33. The molecule has 0 radical (unpaired) electrons. The maximum absolute atomic E-state index is 13.8. The fourth-order valence-corrected chi connectivity index (χ4v) is 2.52. The van der Waals surface area contributed by atoms with E-state index in [1.165, 1.54) is 6.07 Å². The molecule has 0 N–H and O–H groups in total. The summed E-state index contributed by atoms with van der Waals surface area (Å²) in [5.74, 6) is 1.69. The number of pyridine rings is 1. The first-order valence-electron chi connectivity index (χ1n) is 7.19. The highest BCUT2D eigenvalue weighted by atomic mass is 19.1. The Balaban J connectivity index is 1.67. The topological polar surface area (TPSA) is 54.4 Å². The molecule has 1 saturated heterocycles. The molecule has 0 atom stereocenters. The molecule has 1 aliphatic heterocycles. The zero-order valence-electron chi connectivity index (χ0n) is 12.4. The van der Waals surface area contributed by atoms with Crippen molar-refractivity contribution in [3.05, 3.63) is 42.2 Å². The van der Waals surface area contributed by atoms with Gasteiger partial charge in [0.1, 0.15) is 12.4 Å². The van der Waals surface area contributed by atoms with Crippen LogP contribution >= 0.6 is 0 Å². The molecule has 0 saturated carbocycles. The Morgan fingerprint density at radius 1 is 1.09 bits per heavy atom. The Morgan fingerprint density at radius 3 is 2.59 bits per heavy atom. The quantitative estimate of drug-likeness (QED) is 0.853. The van der Waals surface area contributed by atoms with Gasteiger partial charge in [-0.2, -0.15) is 0 Å². The molecular weight excluding hydrogens is 285 g/mol. The minimum absolute atomic E-state index is 0.277. The molecule has 0 spiro atoms. The predicted octanol–water partition coefficient (Wildman–Crippen LogP) is 1.48. The second-order valence-corrected chi connectivity index (χ2v) is 5.05. The third kappa shape index (κ3) is 3.14. The van der Waals surface area contributed by atoms with Crippen molar-refractivity contribution in [1.82, 2.24) is 15.0 Å². The highest BCUT2D eigenvalue weighted by Crippen LogP contribution is 2.19. The van der Waals surface area contributed by atoms with E-state index in [2.05, 4.69) is 19.9 Å². The van der Waals surface area contributed by atoms with Gasteiger partial charge >= 0.3 is 0 Å². The molecule has 1 fully saturated rings. The average Bonchev–Trinajstić information content (AvgIpc) is 2.56. The second-order valence-electron chi connectivity index (χ2n) is 5.05. The number of hydrogen-bond donors (Lipinski definition) is 0. The van der Waals surface area contributed by atoms with Crippen molar-refractivity contribution in [3.63, 3.8) is 0 Å². The van der Waals surface area contributed by atoms with Gasteiger partial charge in [-0.3, -0.25) is 0 Å². The Hall–Kier alpha value is -2.28. The fraction of sp³-hybridized carbons (Fsp3) is 0.400. The smallest absolute Gasteiger partial charge is 0.165 e. The summed E-state index contributed by atoms with van der Waals surface area (Å²) in [5.41, 5.74) is 0. The van der Waals surface area contributed by atoms with Crippen LogP contribution in [0.15, 0.2) is 30.6 Å². The molecule has 1 aliphatic rings. The number of hydrogen-bond acceptors (Lipinski definition) is 6. The van der Waals surface area contributed by atoms with Crippen LogP contribution in [0, 0.1) is 5.82 Å². The minimum atomic E-state index is -0.277. The van der Waals surface area contributed by atoms with Crippen LogP contribution in [0.2, 0.25) is 0 Å². The number of piperazine rings is 1. The summed E-state index contributed by atoms with van der Waals surface area (Å²) in [5, 5.41) is 0. The molecule has 2 aromatic heterocycles. The van der Waals surface area contributed by atoms with Crippen molar-refractivity contribution in [2.45, 2.75) is 6.61 Å². The number of anilines is 2. The number of aromatic nitrogens is 3. The summed E-state index contributed by atoms with van der Waals surface area (Å²) < 4.78 is 18.8. The molecule has 3 heterocycles. The van der Waals surface area contributed by atoms with Gasteiger partial charge in [-0.1, -0.05) is 0 Å². The minimum Gasteiger partial charge on any atom is -0.377 e. The molecule has 0 amide bonds. The van der Waals surface area contributed by atoms with E-state index in [0.29, 0.717) is 31.3 Å². The van der Waals surface area contributed by atoms with Crippen LogP contribution in [0.25, 0.3) is 0 Å². The molecule has 7 heteroatoms. The van der Waals surface area contributed by atoms with E-state index in [9.17, 15) is 4.39 Å². The van der Waals surface area contributed by atoms with E-state index in [1.807, 2.05) is 11.0 Å². The Labute approximate surface area is 128 Å². The van der Waals surface area contributed by atoms with E-state index in [-0.39, 0.29) is 5.82 Å². The zero-order chi connectivity index (χ0) is 15.4. The molecule has 3 rings (SSSR count). The maximum Gasteiger partial charge on any atom is 0.165 e. The van der Waals surface area contributed by atoms with Crippen molar-refractivity contribution in [2.24, 2.45) is 0 Å². The van der Waals surface area contributed by atoms with E-state index in [4.69, 9.17) is 4.74 Å². The third-order valence-corrected chi connectivity index (χ3v) is 3.61. The summed E-state index contributed by atoms with van der Waals surface area (Å²) in [4.78, 5) is 16.9. The molecule has 22 heavy (non-hydrogen) atoms. The van der Waals surface area contributed by atoms with Gasteiger partial charge in [0.15, 0.2) is 17.5 Å². The first-order chi connectivity index (χ1) is 10.8. The van der Waals surface area contributed by atoms with Crippen molar-refractivity contribution in [3.8, 4) is 0 Å².